The Morgan fingerprint density at radius 2 is 2.17 bits per heavy atom. The number of hydrogen-bond donors (Lipinski definition) is 1. The van der Waals surface area contributed by atoms with E-state index in [-0.39, 0.29) is 0 Å². The van der Waals surface area contributed by atoms with Gasteiger partial charge in [-0.3, -0.25) is 4.99 Å². The second-order valence-electron chi connectivity index (χ2n) is 2.68. The molecule has 0 spiro atoms. The Morgan fingerprint density at radius 1 is 1.58 bits per heavy atom. The summed E-state index contributed by atoms with van der Waals surface area (Å²) in [7, 11) is 5.61. The Hall–Kier alpha value is -1.25. The summed E-state index contributed by atoms with van der Waals surface area (Å²) in [5.41, 5.74) is 7.49. The first-order valence-electron chi connectivity index (χ1n) is 3.82. The molecule has 0 saturated carbocycles. The zero-order valence-corrected chi connectivity index (χ0v) is 8.04. The van der Waals surface area contributed by atoms with E-state index in [1.54, 1.807) is 13.3 Å². The molecule has 0 fully saturated rings. The quantitative estimate of drug-likeness (QED) is 0.501. The van der Waals surface area contributed by atoms with Crippen LogP contribution in [0, 0.1) is 0 Å². The van der Waals surface area contributed by atoms with Crippen molar-refractivity contribution in [3.8, 4) is 0 Å². The Bertz CT molecular complexity index is 202. The van der Waals surface area contributed by atoms with Crippen LogP contribution >= 0.6 is 0 Å². The van der Waals surface area contributed by atoms with Crippen LogP contribution in [0.1, 0.15) is 6.42 Å². The largest absolute Gasteiger partial charge is 0.396 e. The summed E-state index contributed by atoms with van der Waals surface area (Å²) in [6, 6.07) is 0. The van der Waals surface area contributed by atoms with E-state index < -0.39 is 0 Å². The topological polar surface area (TPSA) is 41.6 Å². The molecule has 12 heavy (non-hydrogen) atoms. The van der Waals surface area contributed by atoms with Crippen LogP contribution in [0.5, 0.6) is 0 Å². The molecule has 0 bridgehead atoms. The minimum atomic E-state index is 0.697. The van der Waals surface area contributed by atoms with E-state index in [0.717, 1.165) is 12.1 Å². The minimum absolute atomic E-state index is 0.697. The number of nitrogens with zero attached hydrogens (tertiary/aromatic N) is 2. The van der Waals surface area contributed by atoms with Gasteiger partial charge in [-0.15, -0.1) is 6.58 Å². The Labute approximate surface area is 74.3 Å². The summed E-state index contributed by atoms with van der Waals surface area (Å²) >= 11 is 0. The maximum absolute atomic E-state index is 5.76. The lowest BCUT2D eigenvalue weighted by Crippen LogP contribution is -2.17. The predicted molar refractivity (Wildman–Crippen MR) is 54.1 cm³/mol. The first-order chi connectivity index (χ1) is 5.63. The van der Waals surface area contributed by atoms with Crippen molar-refractivity contribution in [1.82, 2.24) is 4.90 Å². The van der Waals surface area contributed by atoms with Crippen molar-refractivity contribution in [2.45, 2.75) is 6.42 Å². The molecule has 0 aromatic heterocycles. The number of aliphatic imine (C=N–C) groups is 1. The smallest absolute Gasteiger partial charge is 0.0693 e. The molecule has 0 rings (SSSR count). The molecule has 3 nitrogen and oxygen atoms in total. The molecular weight excluding hydrogens is 150 g/mol. The van der Waals surface area contributed by atoms with Crippen LogP contribution in [0.3, 0.4) is 0 Å². The highest BCUT2D eigenvalue weighted by atomic mass is 15.1. The summed E-state index contributed by atoms with van der Waals surface area (Å²) in [5.74, 6) is 0. The maximum Gasteiger partial charge on any atom is 0.0693 e. The molecule has 0 aliphatic heterocycles. The molecule has 0 unspecified atom stereocenters. The van der Waals surface area contributed by atoms with Gasteiger partial charge in [-0.25, -0.2) is 0 Å². The average Bonchev–Trinajstić information content (AvgIpc) is 1.99. The van der Waals surface area contributed by atoms with Gasteiger partial charge in [-0.1, -0.05) is 6.08 Å². The summed E-state index contributed by atoms with van der Waals surface area (Å²) < 4.78 is 0. The van der Waals surface area contributed by atoms with E-state index in [4.69, 9.17) is 5.73 Å². The maximum atomic E-state index is 5.76. The first-order valence-corrected chi connectivity index (χ1v) is 3.82. The number of rotatable bonds is 4. The summed E-state index contributed by atoms with van der Waals surface area (Å²) in [4.78, 5) is 5.82. The molecule has 0 saturated heterocycles. The number of nitrogens with two attached hydrogens (primary N) is 1. The lowest BCUT2D eigenvalue weighted by Gasteiger charge is -2.17. The lowest BCUT2D eigenvalue weighted by molar-refractivity contribution is 0.497. The van der Waals surface area contributed by atoms with Crippen molar-refractivity contribution in [2.75, 3.05) is 21.1 Å². The standard InChI is InChI=1S/C9H17N3/c1-5-6-9(12(3)4)8(10)7-11-2/h5,7H,1,6,10H2,2-4H3/b9-8+,11-7?. The average molecular weight is 167 g/mol. The molecule has 0 amide bonds. The third-order valence-corrected chi connectivity index (χ3v) is 1.48. The van der Waals surface area contributed by atoms with Crippen molar-refractivity contribution in [3.05, 3.63) is 24.0 Å². The zero-order chi connectivity index (χ0) is 9.56. The highest BCUT2D eigenvalue weighted by Crippen LogP contribution is 2.06. The third-order valence-electron chi connectivity index (χ3n) is 1.48. The summed E-state index contributed by atoms with van der Waals surface area (Å²) in [6.45, 7) is 3.66. The zero-order valence-electron chi connectivity index (χ0n) is 8.04. The van der Waals surface area contributed by atoms with Crippen molar-refractivity contribution < 1.29 is 0 Å². The van der Waals surface area contributed by atoms with Crippen LogP contribution in [0.25, 0.3) is 0 Å². The van der Waals surface area contributed by atoms with E-state index >= 15 is 0 Å². The van der Waals surface area contributed by atoms with Crippen molar-refractivity contribution in [1.29, 1.82) is 0 Å². The van der Waals surface area contributed by atoms with Crippen LogP contribution in [0.4, 0.5) is 0 Å². The van der Waals surface area contributed by atoms with Crippen LogP contribution in [-0.2, 0) is 0 Å². The van der Waals surface area contributed by atoms with Gasteiger partial charge < -0.3 is 10.6 Å². The van der Waals surface area contributed by atoms with Crippen LogP contribution in [0.2, 0.25) is 0 Å². The molecule has 0 radical (unpaired) electrons. The van der Waals surface area contributed by atoms with Gasteiger partial charge in [0.25, 0.3) is 0 Å². The van der Waals surface area contributed by atoms with Gasteiger partial charge in [0.1, 0.15) is 0 Å². The van der Waals surface area contributed by atoms with E-state index in [0.29, 0.717) is 5.70 Å². The molecule has 2 N–H and O–H groups in total. The lowest BCUT2D eigenvalue weighted by atomic mass is 10.2. The van der Waals surface area contributed by atoms with Crippen LogP contribution in [0.15, 0.2) is 29.0 Å². The third kappa shape index (κ3) is 3.23. The van der Waals surface area contributed by atoms with Gasteiger partial charge in [0, 0.05) is 39.5 Å². The monoisotopic (exact) mass is 167 g/mol. The fourth-order valence-corrected chi connectivity index (χ4v) is 0.909. The Kier molecular flexibility index (Phi) is 4.84. The van der Waals surface area contributed by atoms with Gasteiger partial charge in [-0.05, 0) is 0 Å². The first kappa shape index (κ1) is 10.8. The molecule has 0 aliphatic rings. The molecular formula is C9H17N3. The van der Waals surface area contributed by atoms with E-state index in [1.165, 1.54) is 0 Å². The number of hydrogen-bond acceptors (Lipinski definition) is 3. The number of allylic oxidation sites excluding steroid dienone is 2. The predicted octanol–water partition coefficient (Wildman–Crippen LogP) is 0.995. The minimum Gasteiger partial charge on any atom is -0.396 e. The normalized spacial score (nSPS) is 12.9. The second kappa shape index (κ2) is 5.41. The molecule has 3 heteroatoms. The second-order valence-corrected chi connectivity index (χ2v) is 2.68. The Balaban J connectivity index is 4.65. The van der Waals surface area contributed by atoms with Crippen molar-refractivity contribution in [3.63, 3.8) is 0 Å². The molecule has 68 valence electrons. The van der Waals surface area contributed by atoms with Crippen LogP contribution in [-0.4, -0.2) is 32.3 Å². The van der Waals surface area contributed by atoms with Gasteiger partial charge in [0.2, 0.25) is 0 Å². The summed E-state index contributed by atoms with van der Waals surface area (Å²) in [5, 5.41) is 0. The molecule has 0 aromatic rings. The van der Waals surface area contributed by atoms with Crippen molar-refractivity contribution in [2.24, 2.45) is 10.7 Å². The molecule has 0 aliphatic carbocycles. The molecule has 0 heterocycles. The van der Waals surface area contributed by atoms with Gasteiger partial charge in [0.05, 0.1) is 5.70 Å². The van der Waals surface area contributed by atoms with Crippen molar-refractivity contribution >= 4 is 6.21 Å². The van der Waals surface area contributed by atoms with Gasteiger partial charge in [0.15, 0.2) is 0 Å². The van der Waals surface area contributed by atoms with E-state index in [1.807, 2.05) is 25.1 Å². The van der Waals surface area contributed by atoms with Gasteiger partial charge in [-0.2, -0.15) is 0 Å². The fraction of sp³-hybridized carbons (Fsp3) is 0.444. The van der Waals surface area contributed by atoms with E-state index in [9.17, 15) is 0 Å². The summed E-state index contributed by atoms with van der Waals surface area (Å²) in [6.07, 6.45) is 4.25. The fourth-order valence-electron chi connectivity index (χ4n) is 0.909. The SMILES string of the molecule is C=CC/C(=C(\N)C=NC)N(C)C. The van der Waals surface area contributed by atoms with Gasteiger partial charge >= 0.3 is 0 Å². The highest BCUT2D eigenvalue weighted by Gasteiger charge is 2.01. The molecule has 0 aromatic carbocycles. The van der Waals surface area contributed by atoms with Crippen LogP contribution < -0.4 is 5.73 Å². The molecule has 0 atom stereocenters. The Morgan fingerprint density at radius 3 is 2.50 bits per heavy atom. The highest BCUT2D eigenvalue weighted by molar-refractivity contribution is 5.78. The van der Waals surface area contributed by atoms with E-state index in [2.05, 4.69) is 11.6 Å².